The van der Waals surface area contributed by atoms with Crippen LogP contribution in [0.1, 0.15) is 36.1 Å². The van der Waals surface area contributed by atoms with E-state index in [0.717, 1.165) is 39.8 Å². The van der Waals surface area contributed by atoms with Crippen molar-refractivity contribution in [1.82, 2.24) is 0 Å². The van der Waals surface area contributed by atoms with Gasteiger partial charge in [-0.3, -0.25) is 0 Å². The van der Waals surface area contributed by atoms with E-state index in [0.29, 0.717) is 0 Å². The molecule has 0 saturated heterocycles. The Morgan fingerprint density at radius 2 is 0.769 bits per heavy atom. The molecule has 0 fully saturated rings. The molecule has 9 aromatic rings. The van der Waals surface area contributed by atoms with Crippen molar-refractivity contribution in [2.24, 2.45) is 0 Å². The number of aryl methyl sites for hydroxylation is 2. The van der Waals surface area contributed by atoms with E-state index in [1.807, 2.05) is 0 Å². The Morgan fingerprint density at radius 1 is 0.338 bits per heavy atom. The average molecular weight is 856 g/mol. The Kier molecular flexibility index (Phi) is 9.75. The van der Waals surface area contributed by atoms with Crippen LogP contribution in [-0.2, 0) is 5.41 Å². The standard InChI is InChI=1S/C61H53N3Si/c1-42-26-30-47(31-27-42)64(48-32-28-43(2)29-33-48)57-40-51(63(46-22-14-9-15-23-46)50-35-37-54-53-24-16-17-25-58(53)65(5,6)59(54)41-50)38-55-52-36-34-49(39-56(52)61(3,4)60(55)57)62(44-18-10-7-11-19-44)45-20-12-8-13-21-45/h7-41H,1-6H3. The van der Waals surface area contributed by atoms with Gasteiger partial charge in [0.25, 0.3) is 0 Å². The van der Waals surface area contributed by atoms with E-state index >= 15 is 0 Å². The molecule has 65 heavy (non-hydrogen) atoms. The van der Waals surface area contributed by atoms with E-state index in [1.165, 1.54) is 66.3 Å². The maximum Gasteiger partial charge on any atom is 0.113 e. The van der Waals surface area contributed by atoms with Crippen LogP contribution in [0.25, 0.3) is 22.3 Å². The third kappa shape index (κ3) is 6.79. The molecule has 11 rings (SSSR count). The first-order valence-corrected chi connectivity index (χ1v) is 25.8. The summed E-state index contributed by atoms with van der Waals surface area (Å²) >= 11 is 0. The Labute approximate surface area is 385 Å². The Hall–Kier alpha value is -7.40. The number of benzene rings is 9. The van der Waals surface area contributed by atoms with Crippen LogP contribution >= 0.6 is 0 Å². The second kappa shape index (κ2) is 15.7. The predicted octanol–water partition coefficient (Wildman–Crippen LogP) is 15.8. The smallest absolute Gasteiger partial charge is 0.113 e. The van der Waals surface area contributed by atoms with Gasteiger partial charge in [0.1, 0.15) is 8.07 Å². The second-order valence-corrected chi connectivity index (χ2v) is 23.2. The molecule has 2 aliphatic rings. The number of rotatable bonds is 9. The summed E-state index contributed by atoms with van der Waals surface area (Å²) in [6.45, 7) is 14.2. The van der Waals surface area contributed by atoms with Crippen LogP contribution in [0.15, 0.2) is 212 Å². The predicted molar refractivity (Wildman–Crippen MR) is 280 cm³/mol. The van der Waals surface area contributed by atoms with Crippen molar-refractivity contribution in [2.45, 2.75) is 46.2 Å². The van der Waals surface area contributed by atoms with Gasteiger partial charge in [-0.25, -0.2) is 0 Å². The van der Waals surface area contributed by atoms with E-state index in [4.69, 9.17) is 0 Å². The molecule has 4 heteroatoms. The summed E-state index contributed by atoms with van der Waals surface area (Å²) in [5.41, 5.74) is 20.2. The summed E-state index contributed by atoms with van der Waals surface area (Å²) in [5.74, 6) is 0. The fourth-order valence-corrected chi connectivity index (χ4v) is 13.7. The van der Waals surface area contributed by atoms with Gasteiger partial charge in [-0.05, 0) is 155 Å². The van der Waals surface area contributed by atoms with Crippen LogP contribution in [0.2, 0.25) is 13.1 Å². The maximum absolute atomic E-state index is 2.51. The highest BCUT2D eigenvalue weighted by molar-refractivity contribution is 7.03. The molecule has 0 saturated carbocycles. The first kappa shape index (κ1) is 40.4. The average Bonchev–Trinajstić information content (AvgIpc) is 3.70. The van der Waals surface area contributed by atoms with Gasteiger partial charge in [0.05, 0.1) is 5.69 Å². The van der Waals surface area contributed by atoms with Crippen molar-refractivity contribution in [2.75, 3.05) is 14.7 Å². The van der Waals surface area contributed by atoms with Gasteiger partial charge in [-0.15, -0.1) is 0 Å². The molecule has 0 radical (unpaired) electrons. The van der Waals surface area contributed by atoms with E-state index in [1.54, 1.807) is 0 Å². The van der Waals surface area contributed by atoms with E-state index in [9.17, 15) is 0 Å². The highest BCUT2D eigenvalue weighted by Crippen LogP contribution is 2.57. The first-order valence-electron chi connectivity index (χ1n) is 22.8. The third-order valence-electron chi connectivity index (χ3n) is 13.9. The molecule has 0 N–H and O–H groups in total. The van der Waals surface area contributed by atoms with E-state index < -0.39 is 8.07 Å². The number of nitrogens with zero attached hydrogens (tertiary/aromatic N) is 3. The fourth-order valence-electron chi connectivity index (χ4n) is 10.6. The molecule has 0 bridgehead atoms. The van der Waals surface area contributed by atoms with Gasteiger partial charge >= 0.3 is 0 Å². The van der Waals surface area contributed by atoms with Gasteiger partial charge in [-0.1, -0.05) is 153 Å². The Bertz CT molecular complexity index is 3130. The van der Waals surface area contributed by atoms with E-state index in [2.05, 4.69) is 268 Å². The summed E-state index contributed by atoms with van der Waals surface area (Å²) in [4.78, 5) is 7.37. The van der Waals surface area contributed by atoms with Crippen LogP contribution in [0, 0.1) is 13.8 Å². The summed E-state index contributed by atoms with van der Waals surface area (Å²) in [6.07, 6.45) is 0. The summed E-state index contributed by atoms with van der Waals surface area (Å²) < 4.78 is 0. The topological polar surface area (TPSA) is 9.72 Å². The minimum Gasteiger partial charge on any atom is -0.310 e. The normalized spacial score (nSPS) is 13.6. The number of hydrogen-bond acceptors (Lipinski definition) is 3. The molecule has 316 valence electrons. The number of fused-ring (bicyclic) bond motifs is 6. The minimum absolute atomic E-state index is 0.367. The highest BCUT2D eigenvalue weighted by atomic mass is 28.3. The van der Waals surface area contributed by atoms with Gasteiger partial charge in [-0.2, -0.15) is 0 Å². The van der Waals surface area contributed by atoms with Crippen LogP contribution in [0.5, 0.6) is 0 Å². The number of anilines is 9. The lowest BCUT2D eigenvalue weighted by atomic mass is 9.80. The molecule has 0 unspecified atom stereocenters. The van der Waals surface area contributed by atoms with E-state index in [-0.39, 0.29) is 5.41 Å². The second-order valence-electron chi connectivity index (χ2n) is 18.8. The quantitative estimate of drug-likeness (QED) is 0.134. The molecule has 0 spiro atoms. The Morgan fingerprint density at radius 3 is 1.32 bits per heavy atom. The zero-order valence-electron chi connectivity index (χ0n) is 38.0. The van der Waals surface area contributed by atoms with Crippen LogP contribution in [0.3, 0.4) is 0 Å². The largest absolute Gasteiger partial charge is 0.310 e. The SMILES string of the molecule is Cc1ccc(N(c2ccc(C)cc2)c2cc(N(c3ccccc3)c3ccc4c(c3)[Si](C)(C)c3ccccc3-4)cc3c2C(C)(C)c2cc(N(c4ccccc4)c4ccccc4)ccc2-3)cc1. The lowest BCUT2D eigenvalue weighted by Crippen LogP contribution is -2.49. The molecule has 1 aliphatic carbocycles. The van der Waals surface area contributed by atoms with Crippen LogP contribution in [0.4, 0.5) is 51.2 Å². The third-order valence-corrected chi connectivity index (χ3v) is 17.4. The highest BCUT2D eigenvalue weighted by Gasteiger charge is 2.42. The van der Waals surface area contributed by atoms with Crippen molar-refractivity contribution in [3.05, 3.63) is 235 Å². The van der Waals surface area contributed by atoms with Gasteiger partial charge < -0.3 is 14.7 Å². The van der Waals surface area contributed by atoms with Crippen molar-refractivity contribution in [3.63, 3.8) is 0 Å². The molecule has 3 nitrogen and oxygen atoms in total. The zero-order valence-corrected chi connectivity index (χ0v) is 39.0. The molecule has 0 atom stereocenters. The minimum atomic E-state index is -1.97. The van der Waals surface area contributed by atoms with Gasteiger partial charge in [0.15, 0.2) is 0 Å². The molecule has 1 aliphatic heterocycles. The van der Waals surface area contributed by atoms with Crippen molar-refractivity contribution < 1.29 is 0 Å². The summed E-state index contributed by atoms with van der Waals surface area (Å²) in [7, 11) is -1.97. The first-order chi connectivity index (χ1) is 31.6. The van der Waals surface area contributed by atoms with Crippen molar-refractivity contribution >= 4 is 69.6 Å². The molecule has 1 heterocycles. The van der Waals surface area contributed by atoms with Crippen LogP contribution in [-0.4, -0.2) is 8.07 Å². The number of hydrogen-bond donors (Lipinski definition) is 0. The molecular weight excluding hydrogens is 803 g/mol. The maximum atomic E-state index is 2.51. The number of para-hydroxylation sites is 3. The van der Waals surface area contributed by atoms with Crippen LogP contribution < -0.4 is 25.1 Å². The Balaban J connectivity index is 1.18. The lowest BCUT2D eigenvalue weighted by Gasteiger charge is -2.35. The molecule has 0 amide bonds. The van der Waals surface area contributed by atoms with Gasteiger partial charge in [0.2, 0.25) is 0 Å². The monoisotopic (exact) mass is 855 g/mol. The fraction of sp³-hybridized carbons (Fsp3) is 0.115. The van der Waals surface area contributed by atoms with Crippen molar-refractivity contribution in [1.29, 1.82) is 0 Å². The molecule has 0 aromatic heterocycles. The summed E-state index contributed by atoms with van der Waals surface area (Å²) in [5, 5.41) is 3.00. The zero-order chi connectivity index (χ0) is 44.5. The van der Waals surface area contributed by atoms with Crippen molar-refractivity contribution in [3.8, 4) is 22.3 Å². The lowest BCUT2D eigenvalue weighted by molar-refractivity contribution is 0.661. The van der Waals surface area contributed by atoms with Gasteiger partial charge in [0, 0.05) is 50.9 Å². The summed E-state index contributed by atoms with van der Waals surface area (Å²) in [6, 6.07) is 78.8. The molecule has 9 aromatic carbocycles. The molecular formula is C61H53N3Si.